The molecule has 2 atom stereocenters. The van der Waals surface area contributed by atoms with Crippen LogP contribution >= 0.6 is 0 Å². The molecule has 0 amide bonds. The molecule has 0 aromatic heterocycles. The minimum absolute atomic E-state index is 0.196. The van der Waals surface area contributed by atoms with E-state index in [2.05, 4.69) is 4.90 Å². The van der Waals surface area contributed by atoms with Gasteiger partial charge in [0.1, 0.15) is 0 Å². The molecule has 3 aromatic carbocycles. The lowest BCUT2D eigenvalue weighted by Crippen LogP contribution is -2.48. The van der Waals surface area contributed by atoms with E-state index in [-0.39, 0.29) is 13.4 Å². The summed E-state index contributed by atoms with van der Waals surface area (Å²) < 4.78 is 16.1. The summed E-state index contributed by atoms with van der Waals surface area (Å²) >= 11 is 0. The molecule has 2 unspecified atom stereocenters. The van der Waals surface area contributed by atoms with E-state index in [1.807, 2.05) is 78.9 Å². The Morgan fingerprint density at radius 2 is 1.52 bits per heavy atom. The number of ether oxygens (including phenoxy) is 3. The summed E-state index contributed by atoms with van der Waals surface area (Å²) in [6, 6.07) is 25.3. The van der Waals surface area contributed by atoms with E-state index in [1.54, 1.807) is 6.92 Å². The SMILES string of the molecule is CCOC(=O)C(O)C(Cc1ccc2c(c1)OCO2)N(Cc1ccccc1)Cc1ccccc1. The summed E-state index contributed by atoms with van der Waals surface area (Å²) in [7, 11) is 0. The highest BCUT2D eigenvalue weighted by Gasteiger charge is 2.33. The van der Waals surface area contributed by atoms with Crippen molar-refractivity contribution in [2.45, 2.75) is 38.6 Å². The second-order valence-corrected chi connectivity index (χ2v) is 8.03. The number of hydrogen-bond donors (Lipinski definition) is 1. The minimum Gasteiger partial charge on any atom is -0.464 e. The average molecular weight is 448 g/mol. The van der Waals surface area contributed by atoms with E-state index in [9.17, 15) is 9.90 Å². The Balaban J connectivity index is 1.66. The average Bonchev–Trinajstić information content (AvgIpc) is 3.31. The van der Waals surface area contributed by atoms with E-state index in [0.29, 0.717) is 31.0 Å². The predicted octanol–water partition coefficient (Wildman–Crippen LogP) is 3.95. The van der Waals surface area contributed by atoms with Gasteiger partial charge in [0.05, 0.1) is 12.6 Å². The number of nitrogens with zero attached hydrogens (tertiary/aromatic N) is 1. The number of esters is 1. The van der Waals surface area contributed by atoms with Crippen molar-refractivity contribution in [1.29, 1.82) is 0 Å². The molecular formula is C27H29NO5. The van der Waals surface area contributed by atoms with E-state index in [1.165, 1.54) is 0 Å². The Morgan fingerprint density at radius 1 is 0.909 bits per heavy atom. The first-order chi connectivity index (χ1) is 16.1. The minimum atomic E-state index is -1.30. The van der Waals surface area contributed by atoms with Gasteiger partial charge in [-0.05, 0) is 42.2 Å². The van der Waals surface area contributed by atoms with Gasteiger partial charge >= 0.3 is 5.97 Å². The number of carbonyl (C=O) groups excluding carboxylic acids is 1. The Morgan fingerprint density at radius 3 is 2.12 bits per heavy atom. The Kier molecular flexibility index (Phi) is 7.60. The molecule has 0 spiro atoms. The Hall–Kier alpha value is -3.35. The zero-order chi connectivity index (χ0) is 23.0. The summed E-state index contributed by atoms with van der Waals surface area (Å²) in [4.78, 5) is 14.8. The van der Waals surface area contributed by atoms with Gasteiger partial charge in [-0.25, -0.2) is 4.79 Å². The van der Waals surface area contributed by atoms with Crippen molar-refractivity contribution in [2.24, 2.45) is 0 Å². The molecule has 0 saturated carbocycles. The Bertz CT molecular complexity index is 999. The third-order valence-electron chi connectivity index (χ3n) is 5.70. The van der Waals surface area contributed by atoms with Crippen LogP contribution in [0.5, 0.6) is 11.5 Å². The van der Waals surface area contributed by atoms with Crippen LogP contribution < -0.4 is 9.47 Å². The molecule has 0 fully saturated rings. The number of benzene rings is 3. The van der Waals surface area contributed by atoms with Crippen molar-refractivity contribution >= 4 is 5.97 Å². The lowest BCUT2D eigenvalue weighted by Gasteiger charge is -2.34. The number of carbonyl (C=O) groups is 1. The predicted molar refractivity (Wildman–Crippen MR) is 125 cm³/mol. The Labute approximate surface area is 194 Å². The summed E-state index contributed by atoms with van der Waals surface area (Å²) in [5, 5.41) is 11.1. The third-order valence-corrected chi connectivity index (χ3v) is 5.70. The zero-order valence-electron chi connectivity index (χ0n) is 18.7. The summed E-state index contributed by atoms with van der Waals surface area (Å²) in [6.45, 7) is 3.29. The molecule has 6 heteroatoms. The quantitative estimate of drug-likeness (QED) is 0.475. The molecule has 1 aliphatic heterocycles. The van der Waals surface area contributed by atoms with Gasteiger partial charge in [-0.1, -0.05) is 66.7 Å². The first-order valence-electron chi connectivity index (χ1n) is 11.2. The molecule has 0 saturated heterocycles. The number of aliphatic hydroxyl groups is 1. The molecule has 6 nitrogen and oxygen atoms in total. The van der Waals surface area contributed by atoms with Gasteiger partial charge in [-0.15, -0.1) is 0 Å². The molecule has 1 N–H and O–H groups in total. The summed E-state index contributed by atoms with van der Waals surface area (Å²) in [5.41, 5.74) is 3.14. The van der Waals surface area contributed by atoms with Gasteiger partial charge in [0, 0.05) is 13.1 Å². The smallest absolute Gasteiger partial charge is 0.336 e. The van der Waals surface area contributed by atoms with Gasteiger partial charge in [-0.2, -0.15) is 0 Å². The molecule has 0 aliphatic carbocycles. The van der Waals surface area contributed by atoms with Crippen molar-refractivity contribution < 1.29 is 24.1 Å². The van der Waals surface area contributed by atoms with E-state index in [0.717, 1.165) is 16.7 Å². The molecule has 172 valence electrons. The van der Waals surface area contributed by atoms with Crippen molar-refractivity contribution in [3.63, 3.8) is 0 Å². The largest absolute Gasteiger partial charge is 0.464 e. The molecule has 33 heavy (non-hydrogen) atoms. The molecule has 1 heterocycles. The highest BCUT2D eigenvalue weighted by atomic mass is 16.7. The fraction of sp³-hybridized carbons (Fsp3) is 0.296. The lowest BCUT2D eigenvalue weighted by atomic mass is 9.97. The summed E-state index contributed by atoms with van der Waals surface area (Å²) in [6.07, 6.45) is -0.862. The van der Waals surface area contributed by atoms with Gasteiger partial charge in [0.15, 0.2) is 17.6 Å². The van der Waals surface area contributed by atoms with Crippen LogP contribution in [0.1, 0.15) is 23.6 Å². The van der Waals surface area contributed by atoms with Crippen LogP contribution in [0.25, 0.3) is 0 Å². The van der Waals surface area contributed by atoms with Crippen LogP contribution in [-0.4, -0.2) is 41.5 Å². The van der Waals surface area contributed by atoms with Crippen molar-refractivity contribution in [3.05, 3.63) is 95.6 Å². The van der Waals surface area contributed by atoms with Crippen molar-refractivity contribution in [1.82, 2.24) is 4.90 Å². The second kappa shape index (κ2) is 11.0. The third kappa shape index (κ3) is 5.92. The number of hydrogen-bond acceptors (Lipinski definition) is 6. The van der Waals surface area contributed by atoms with E-state index < -0.39 is 18.1 Å². The molecule has 4 rings (SSSR count). The number of aliphatic hydroxyl groups excluding tert-OH is 1. The van der Waals surface area contributed by atoms with Crippen LogP contribution in [0.4, 0.5) is 0 Å². The highest BCUT2D eigenvalue weighted by Crippen LogP contribution is 2.33. The van der Waals surface area contributed by atoms with Gasteiger partial charge in [-0.3, -0.25) is 4.90 Å². The second-order valence-electron chi connectivity index (χ2n) is 8.03. The zero-order valence-corrected chi connectivity index (χ0v) is 18.7. The fourth-order valence-corrected chi connectivity index (χ4v) is 4.06. The summed E-state index contributed by atoms with van der Waals surface area (Å²) in [5.74, 6) is 0.760. The van der Waals surface area contributed by atoms with Crippen molar-refractivity contribution in [2.75, 3.05) is 13.4 Å². The van der Waals surface area contributed by atoms with Gasteiger partial charge in [0.25, 0.3) is 0 Å². The van der Waals surface area contributed by atoms with E-state index >= 15 is 0 Å². The monoisotopic (exact) mass is 447 g/mol. The molecular weight excluding hydrogens is 418 g/mol. The maximum atomic E-state index is 12.6. The maximum Gasteiger partial charge on any atom is 0.336 e. The standard InChI is InChI=1S/C27H29NO5/c1-2-31-27(30)26(29)23(15-22-13-14-24-25(16-22)33-19-32-24)28(17-20-9-5-3-6-10-20)18-21-11-7-4-8-12-21/h3-14,16,23,26,29H,2,15,17-19H2,1H3. The fourth-order valence-electron chi connectivity index (χ4n) is 4.06. The number of fused-ring (bicyclic) bond motifs is 1. The van der Waals surface area contributed by atoms with Crippen LogP contribution in [0.15, 0.2) is 78.9 Å². The molecule has 3 aromatic rings. The normalized spacial score (nSPS) is 14.2. The van der Waals surface area contributed by atoms with Gasteiger partial charge in [0.2, 0.25) is 6.79 Å². The topological polar surface area (TPSA) is 68.2 Å². The molecule has 0 radical (unpaired) electrons. The van der Waals surface area contributed by atoms with Crippen molar-refractivity contribution in [3.8, 4) is 11.5 Å². The molecule has 0 bridgehead atoms. The lowest BCUT2D eigenvalue weighted by molar-refractivity contribution is -0.157. The van der Waals surface area contributed by atoms with E-state index in [4.69, 9.17) is 14.2 Å². The van der Waals surface area contributed by atoms with Crippen LogP contribution in [-0.2, 0) is 29.0 Å². The van der Waals surface area contributed by atoms with Crippen LogP contribution in [0.2, 0.25) is 0 Å². The first kappa shape index (κ1) is 22.8. The van der Waals surface area contributed by atoms with Gasteiger partial charge < -0.3 is 19.3 Å². The molecule has 1 aliphatic rings. The van der Waals surface area contributed by atoms with Crippen LogP contribution in [0, 0.1) is 0 Å². The van der Waals surface area contributed by atoms with Crippen LogP contribution in [0.3, 0.4) is 0 Å². The maximum absolute atomic E-state index is 12.6. The highest BCUT2D eigenvalue weighted by molar-refractivity contribution is 5.75. The number of rotatable bonds is 10. The first-order valence-corrected chi connectivity index (χ1v) is 11.2.